The highest BCUT2D eigenvalue weighted by Crippen LogP contribution is 2.14. The Morgan fingerprint density at radius 1 is 1.58 bits per heavy atom. The van der Waals surface area contributed by atoms with Crippen molar-refractivity contribution in [3.63, 3.8) is 0 Å². The van der Waals surface area contributed by atoms with E-state index in [0.717, 1.165) is 18.8 Å². The van der Waals surface area contributed by atoms with E-state index in [1.54, 1.807) is 6.33 Å². The van der Waals surface area contributed by atoms with Gasteiger partial charge in [0.25, 0.3) is 0 Å². The summed E-state index contributed by atoms with van der Waals surface area (Å²) in [4.78, 5) is 0. The lowest BCUT2D eigenvalue weighted by Crippen LogP contribution is -2.16. The first-order valence-electron chi connectivity index (χ1n) is 4.41. The highest BCUT2D eigenvalue weighted by atomic mass is 15.3. The van der Waals surface area contributed by atoms with E-state index in [9.17, 15) is 0 Å². The van der Waals surface area contributed by atoms with Crippen molar-refractivity contribution >= 4 is 0 Å². The van der Waals surface area contributed by atoms with Crippen LogP contribution in [-0.4, -0.2) is 21.3 Å². The van der Waals surface area contributed by atoms with Gasteiger partial charge in [0.1, 0.15) is 12.2 Å². The molecule has 1 heterocycles. The van der Waals surface area contributed by atoms with Crippen molar-refractivity contribution in [2.75, 3.05) is 6.54 Å². The molecule has 0 aliphatic rings. The van der Waals surface area contributed by atoms with Crippen LogP contribution >= 0.6 is 0 Å². The molecule has 2 N–H and O–H groups in total. The van der Waals surface area contributed by atoms with Gasteiger partial charge in [-0.3, -0.25) is 0 Å². The minimum Gasteiger partial charge on any atom is -0.330 e. The summed E-state index contributed by atoms with van der Waals surface area (Å²) < 4.78 is 2.04. The van der Waals surface area contributed by atoms with Crippen LogP contribution in [0.15, 0.2) is 6.33 Å². The summed E-state index contributed by atoms with van der Waals surface area (Å²) in [6.07, 6.45) is 2.78. The number of aromatic nitrogens is 3. The molecule has 0 bridgehead atoms. The van der Waals surface area contributed by atoms with E-state index >= 15 is 0 Å². The molecule has 0 saturated carbocycles. The van der Waals surface area contributed by atoms with Gasteiger partial charge in [-0.2, -0.15) is 0 Å². The van der Waals surface area contributed by atoms with Crippen molar-refractivity contribution in [3.05, 3.63) is 12.2 Å². The Morgan fingerprint density at radius 2 is 2.33 bits per heavy atom. The third-order valence-corrected chi connectivity index (χ3v) is 2.13. The van der Waals surface area contributed by atoms with Crippen molar-refractivity contribution < 1.29 is 0 Å². The second-order valence-electron chi connectivity index (χ2n) is 2.82. The number of nitrogens with two attached hydrogens (primary N) is 1. The van der Waals surface area contributed by atoms with E-state index in [1.807, 2.05) is 4.57 Å². The van der Waals surface area contributed by atoms with Gasteiger partial charge in [-0.15, -0.1) is 10.2 Å². The molecule has 0 aliphatic carbocycles. The van der Waals surface area contributed by atoms with Gasteiger partial charge >= 0.3 is 0 Å². The maximum absolute atomic E-state index is 5.62. The van der Waals surface area contributed by atoms with Crippen molar-refractivity contribution in [1.82, 2.24) is 14.8 Å². The lowest BCUT2D eigenvalue weighted by atomic mass is 10.1. The maximum atomic E-state index is 5.62. The Bertz CT molecular complexity index is 227. The van der Waals surface area contributed by atoms with Crippen molar-refractivity contribution in [2.24, 2.45) is 5.73 Å². The van der Waals surface area contributed by atoms with Gasteiger partial charge < -0.3 is 10.3 Å². The molecular weight excluding hydrogens is 152 g/mol. The number of nitrogens with zero attached hydrogens (tertiary/aromatic N) is 3. The molecule has 68 valence electrons. The maximum Gasteiger partial charge on any atom is 0.137 e. The summed E-state index contributed by atoms with van der Waals surface area (Å²) in [7, 11) is 0. The third-order valence-electron chi connectivity index (χ3n) is 2.13. The zero-order valence-electron chi connectivity index (χ0n) is 7.70. The fourth-order valence-electron chi connectivity index (χ4n) is 1.28. The number of rotatable bonds is 4. The second kappa shape index (κ2) is 4.21. The molecule has 1 unspecified atom stereocenters. The molecule has 0 fully saturated rings. The van der Waals surface area contributed by atoms with Crippen LogP contribution in [0.25, 0.3) is 0 Å². The van der Waals surface area contributed by atoms with Gasteiger partial charge in [0.2, 0.25) is 0 Å². The average Bonchev–Trinajstić information content (AvgIpc) is 2.55. The van der Waals surface area contributed by atoms with Crippen LogP contribution in [0.5, 0.6) is 0 Å². The number of hydrogen-bond acceptors (Lipinski definition) is 3. The second-order valence-corrected chi connectivity index (χ2v) is 2.82. The summed E-state index contributed by atoms with van der Waals surface area (Å²) >= 11 is 0. The molecule has 0 aromatic carbocycles. The van der Waals surface area contributed by atoms with Crippen molar-refractivity contribution in [2.45, 2.75) is 32.7 Å². The average molecular weight is 168 g/mol. The van der Waals surface area contributed by atoms with Gasteiger partial charge in [0.05, 0.1) is 0 Å². The Morgan fingerprint density at radius 3 is 2.83 bits per heavy atom. The van der Waals surface area contributed by atoms with E-state index in [4.69, 9.17) is 5.73 Å². The van der Waals surface area contributed by atoms with Crippen LogP contribution < -0.4 is 5.73 Å². The van der Waals surface area contributed by atoms with Crippen molar-refractivity contribution in [1.29, 1.82) is 0 Å². The van der Waals surface area contributed by atoms with Gasteiger partial charge in [0, 0.05) is 19.0 Å². The van der Waals surface area contributed by atoms with Crippen LogP contribution in [0, 0.1) is 0 Å². The summed E-state index contributed by atoms with van der Waals surface area (Å²) in [5.74, 6) is 1.37. The molecule has 0 aliphatic heterocycles. The van der Waals surface area contributed by atoms with E-state index in [1.165, 1.54) is 0 Å². The number of aryl methyl sites for hydroxylation is 1. The first-order chi connectivity index (χ1) is 5.83. The van der Waals surface area contributed by atoms with E-state index in [0.29, 0.717) is 12.5 Å². The lowest BCUT2D eigenvalue weighted by Gasteiger charge is -2.11. The van der Waals surface area contributed by atoms with E-state index in [2.05, 4.69) is 24.0 Å². The molecule has 0 spiro atoms. The van der Waals surface area contributed by atoms with Gasteiger partial charge in [-0.25, -0.2) is 0 Å². The molecular formula is C8H16N4. The first kappa shape index (κ1) is 9.19. The molecule has 0 amide bonds. The van der Waals surface area contributed by atoms with Crippen LogP contribution in [0.3, 0.4) is 0 Å². The molecule has 1 rings (SSSR count). The van der Waals surface area contributed by atoms with Gasteiger partial charge in [-0.1, -0.05) is 6.92 Å². The van der Waals surface area contributed by atoms with Crippen LogP contribution in [0.1, 0.15) is 32.0 Å². The fourth-order valence-corrected chi connectivity index (χ4v) is 1.28. The monoisotopic (exact) mass is 168 g/mol. The largest absolute Gasteiger partial charge is 0.330 e. The zero-order valence-corrected chi connectivity index (χ0v) is 7.70. The van der Waals surface area contributed by atoms with Gasteiger partial charge in [-0.05, 0) is 13.3 Å². The van der Waals surface area contributed by atoms with Crippen LogP contribution in [0.4, 0.5) is 0 Å². The van der Waals surface area contributed by atoms with Gasteiger partial charge in [0.15, 0.2) is 0 Å². The topological polar surface area (TPSA) is 56.7 Å². The fraction of sp³-hybridized carbons (Fsp3) is 0.750. The quantitative estimate of drug-likeness (QED) is 0.721. The Hall–Kier alpha value is -0.900. The molecule has 12 heavy (non-hydrogen) atoms. The summed E-state index contributed by atoms with van der Waals surface area (Å²) in [5, 5.41) is 7.93. The first-order valence-corrected chi connectivity index (χ1v) is 4.41. The van der Waals surface area contributed by atoms with E-state index < -0.39 is 0 Å². The van der Waals surface area contributed by atoms with Crippen LogP contribution in [-0.2, 0) is 6.54 Å². The Kier molecular flexibility index (Phi) is 3.22. The van der Waals surface area contributed by atoms with Crippen molar-refractivity contribution in [3.8, 4) is 0 Å². The highest BCUT2D eigenvalue weighted by Gasteiger charge is 2.12. The Balaban J connectivity index is 2.83. The molecule has 0 saturated heterocycles. The highest BCUT2D eigenvalue weighted by molar-refractivity contribution is 4.96. The minimum atomic E-state index is 0.354. The molecule has 0 radical (unpaired) electrons. The summed E-state index contributed by atoms with van der Waals surface area (Å²) in [6, 6.07) is 0. The standard InChI is InChI=1S/C8H16N4/c1-3-7(5-9)8-11-10-6-12(8)4-2/h6-7H,3-5,9H2,1-2H3. The molecule has 4 nitrogen and oxygen atoms in total. The molecule has 1 aromatic heterocycles. The SMILES string of the molecule is CCC(CN)c1nncn1CC. The molecule has 4 heteroatoms. The summed E-state index contributed by atoms with van der Waals surface area (Å²) in [5.41, 5.74) is 5.62. The third kappa shape index (κ3) is 1.64. The Labute approximate surface area is 72.8 Å². The van der Waals surface area contributed by atoms with Crippen LogP contribution in [0.2, 0.25) is 0 Å². The lowest BCUT2D eigenvalue weighted by molar-refractivity contribution is 0.578. The predicted molar refractivity (Wildman–Crippen MR) is 47.8 cm³/mol. The summed E-state index contributed by atoms with van der Waals surface area (Å²) in [6.45, 7) is 5.76. The molecule has 1 aromatic rings. The zero-order chi connectivity index (χ0) is 8.97. The minimum absolute atomic E-state index is 0.354. The smallest absolute Gasteiger partial charge is 0.137 e. The predicted octanol–water partition coefficient (Wildman–Crippen LogP) is 0.750. The molecule has 1 atom stereocenters. The number of hydrogen-bond donors (Lipinski definition) is 1. The normalized spacial score (nSPS) is 13.2. The van der Waals surface area contributed by atoms with E-state index in [-0.39, 0.29) is 0 Å².